The Morgan fingerprint density at radius 2 is 1.68 bits per heavy atom. The van der Waals surface area contributed by atoms with Gasteiger partial charge in [-0.2, -0.15) is 0 Å². The first-order valence-electron chi connectivity index (χ1n) is 6.88. The number of benzene rings is 1. The lowest BCUT2D eigenvalue weighted by Crippen LogP contribution is -2.03. The minimum atomic E-state index is 0.563. The van der Waals surface area contributed by atoms with Crippen molar-refractivity contribution in [3.05, 3.63) is 17.2 Å². The lowest BCUT2D eigenvalue weighted by Gasteiger charge is -2.13. The molecule has 4 heteroatoms. The molecule has 1 N–H and O–H groups in total. The molecular formula is C15H24ClNO2. The Labute approximate surface area is 121 Å². The molecule has 0 amide bonds. The Balaban J connectivity index is 2.51. The van der Waals surface area contributed by atoms with Crippen LogP contribution in [0.5, 0.6) is 11.5 Å². The summed E-state index contributed by atoms with van der Waals surface area (Å²) < 4.78 is 10.5. The number of nitrogens with one attached hydrogen (secondary N) is 1. The summed E-state index contributed by atoms with van der Waals surface area (Å²) in [7, 11) is 3.26. The van der Waals surface area contributed by atoms with Crippen LogP contribution in [0.25, 0.3) is 0 Å². The molecule has 0 aliphatic heterocycles. The monoisotopic (exact) mass is 285 g/mol. The number of methoxy groups -OCH3 is 2. The Morgan fingerprint density at radius 3 is 2.32 bits per heavy atom. The van der Waals surface area contributed by atoms with E-state index in [-0.39, 0.29) is 0 Å². The second kappa shape index (κ2) is 8.92. The maximum Gasteiger partial charge on any atom is 0.143 e. The van der Waals surface area contributed by atoms with Crippen molar-refractivity contribution in [2.45, 2.75) is 39.0 Å². The molecule has 0 aliphatic carbocycles. The smallest absolute Gasteiger partial charge is 0.143 e. The van der Waals surface area contributed by atoms with Crippen LogP contribution in [-0.4, -0.2) is 20.8 Å². The molecule has 0 aromatic heterocycles. The van der Waals surface area contributed by atoms with Gasteiger partial charge < -0.3 is 14.8 Å². The fraction of sp³-hybridized carbons (Fsp3) is 0.600. The molecule has 0 saturated heterocycles. The number of anilines is 1. The number of hydrogen-bond acceptors (Lipinski definition) is 3. The number of hydrogen-bond donors (Lipinski definition) is 1. The second-order valence-corrected chi connectivity index (χ2v) is 4.94. The zero-order valence-corrected chi connectivity index (χ0v) is 12.8. The SMILES string of the molecule is CCCCCCCNc1cc(OC)c(Cl)cc1OC. The molecule has 0 atom stereocenters. The predicted molar refractivity (Wildman–Crippen MR) is 81.8 cm³/mol. The van der Waals surface area contributed by atoms with E-state index in [1.807, 2.05) is 6.07 Å². The minimum Gasteiger partial charge on any atom is -0.495 e. The molecule has 0 aliphatic rings. The normalized spacial score (nSPS) is 10.3. The van der Waals surface area contributed by atoms with E-state index in [0.717, 1.165) is 24.4 Å². The van der Waals surface area contributed by atoms with E-state index in [9.17, 15) is 0 Å². The number of rotatable bonds is 9. The van der Waals surface area contributed by atoms with Crippen LogP contribution >= 0.6 is 11.6 Å². The number of unbranched alkanes of at least 4 members (excludes halogenated alkanes) is 4. The van der Waals surface area contributed by atoms with E-state index in [2.05, 4.69) is 12.2 Å². The molecule has 108 valence electrons. The summed E-state index contributed by atoms with van der Waals surface area (Å²) in [6.07, 6.45) is 6.31. The van der Waals surface area contributed by atoms with Crippen molar-refractivity contribution in [3.63, 3.8) is 0 Å². The maximum atomic E-state index is 6.07. The van der Waals surface area contributed by atoms with Gasteiger partial charge in [0, 0.05) is 18.7 Å². The average Bonchev–Trinajstić information content (AvgIpc) is 2.43. The summed E-state index contributed by atoms with van der Waals surface area (Å²) in [5.41, 5.74) is 0.930. The predicted octanol–water partition coefficient (Wildman–Crippen LogP) is 4.74. The van der Waals surface area contributed by atoms with Gasteiger partial charge in [0.05, 0.1) is 24.9 Å². The quantitative estimate of drug-likeness (QED) is 0.665. The van der Waals surface area contributed by atoms with Crippen LogP contribution in [0.2, 0.25) is 5.02 Å². The molecule has 0 spiro atoms. The number of ether oxygens (including phenoxy) is 2. The van der Waals surface area contributed by atoms with Crippen LogP contribution in [0.15, 0.2) is 12.1 Å². The molecule has 1 aromatic rings. The molecule has 19 heavy (non-hydrogen) atoms. The molecule has 1 aromatic carbocycles. The molecule has 3 nitrogen and oxygen atoms in total. The Bertz CT molecular complexity index is 383. The highest BCUT2D eigenvalue weighted by Crippen LogP contribution is 2.35. The van der Waals surface area contributed by atoms with E-state index < -0.39 is 0 Å². The van der Waals surface area contributed by atoms with Gasteiger partial charge in [0.25, 0.3) is 0 Å². The van der Waals surface area contributed by atoms with Gasteiger partial charge in [-0.05, 0) is 6.42 Å². The Morgan fingerprint density at radius 1 is 1.00 bits per heavy atom. The van der Waals surface area contributed by atoms with Gasteiger partial charge in [-0.3, -0.25) is 0 Å². The molecule has 0 saturated carbocycles. The molecular weight excluding hydrogens is 262 g/mol. The van der Waals surface area contributed by atoms with Gasteiger partial charge in [0.2, 0.25) is 0 Å². The molecule has 0 bridgehead atoms. The van der Waals surface area contributed by atoms with Crippen molar-refractivity contribution >= 4 is 17.3 Å². The van der Waals surface area contributed by atoms with Crippen LogP contribution in [0.1, 0.15) is 39.0 Å². The van der Waals surface area contributed by atoms with E-state index in [1.165, 1.54) is 25.7 Å². The van der Waals surface area contributed by atoms with Gasteiger partial charge in [-0.15, -0.1) is 0 Å². The first kappa shape index (κ1) is 16.0. The standard InChI is InChI=1S/C15H24ClNO2/c1-4-5-6-7-8-9-17-13-11-14(18-2)12(16)10-15(13)19-3/h10-11,17H,4-9H2,1-3H3. The van der Waals surface area contributed by atoms with Crippen molar-refractivity contribution in [2.24, 2.45) is 0 Å². The minimum absolute atomic E-state index is 0.563. The third-order valence-corrected chi connectivity index (χ3v) is 3.37. The van der Waals surface area contributed by atoms with Crippen LogP contribution in [0.3, 0.4) is 0 Å². The van der Waals surface area contributed by atoms with Gasteiger partial charge in [-0.1, -0.05) is 44.2 Å². The summed E-state index contributed by atoms with van der Waals surface area (Å²) in [6, 6.07) is 3.66. The van der Waals surface area contributed by atoms with E-state index in [4.69, 9.17) is 21.1 Å². The largest absolute Gasteiger partial charge is 0.495 e. The maximum absolute atomic E-state index is 6.07. The van der Waals surface area contributed by atoms with Crippen LogP contribution in [0, 0.1) is 0 Å². The summed E-state index contributed by atoms with van der Waals surface area (Å²) in [4.78, 5) is 0. The highest BCUT2D eigenvalue weighted by atomic mass is 35.5. The van der Waals surface area contributed by atoms with E-state index >= 15 is 0 Å². The zero-order valence-electron chi connectivity index (χ0n) is 12.1. The first-order chi connectivity index (χ1) is 9.22. The summed E-state index contributed by atoms with van der Waals surface area (Å²) >= 11 is 6.07. The second-order valence-electron chi connectivity index (χ2n) is 4.53. The van der Waals surface area contributed by atoms with Crippen molar-refractivity contribution in [1.29, 1.82) is 0 Å². The van der Waals surface area contributed by atoms with Crippen molar-refractivity contribution < 1.29 is 9.47 Å². The molecule has 0 unspecified atom stereocenters. The van der Waals surface area contributed by atoms with Gasteiger partial charge >= 0.3 is 0 Å². The van der Waals surface area contributed by atoms with Gasteiger partial charge in [0.15, 0.2) is 0 Å². The van der Waals surface area contributed by atoms with Crippen LogP contribution < -0.4 is 14.8 Å². The summed E-state index contributed by atoms with van der Waals surface area (Å²) in [5, 5.41) is 3.94. The molecule has 0 fully saturated rings. The highest BCUT2D eigenvalue weighted by Gasteiger charge is 2.09. The molecule has 0 radical (unpaired) electrons. The highest BCUT2D eigenvalue weighted by molar-refractivity contribution is 6.32. The van der Waals surface area contributed by atoms with Crippen molar-refractivity contribution in [3.8, 4) is 11.5 Å². The van der Waals surface area contributed by atoms with Gasteiger partial charge in [-0.25, -0.2) is 0 Å². The molecule has 0 heterocycles. The van der Waals surface area contributed by atoms with Crippen molar-refractivity contribution in [2.75, 3.05) is 26.1 Å². The van der Waals surface area contributed by atoms with E-state index in [1.54, 1.807) is 20.3 Å². The lowest BCUT2D eigenvalue weighted by atomic mass is 10.1. The Kier molecular flexibility index (Phi) is 7.49. The topological polar surface area (TPSA) is 30.5 Å². The lowest BCUT2D eigenvalue weighted by molar-refractivity contribution is 0.404. The summed E-state index contributed by atoms with van der Waals surface area (Å²) in [6.45, 7) is 3.16. The van der Waals surface area contributed by atoms with Crippen LogP contribution in [0.4, 0.5) is 5.69 Å². The summed E-state index contributed by atoms with van der Waals surface area (Å²) in [5.74, 6) is 1.41. The fourth-order valence-corrected chi connectivity index (χ4v) is 2.18. The fourth-order valence-electron chi connectivity index (χ4n) is 1.95. The third-order valence-electron chi connectivity index (χ3n) is 3.07. The first-order valence-corrected chi connectivity index (χ1v) is 7.26. The third kappa shape index (κ3) is 5.19. The molecule has 1 rings (SSSR count). The van der Waals surface area contributed by atoms with Crippen LogP contribution in [-0.2, 0) is 0 Å². The van der Waals surface area contributed by atoms with E-state index in [0.29, 0.717) is 10.8 Å². The number of halogens is 1. The average molecular weight is 286 g/mol. The Hall–Kier alpha value is -1.09. The zero-order chi connectivity index (χ0) is 14.1. The van der Waals surface area contributed by atoms with Gasteiger partial charge in [0.1, 0.15) is 11.5 Å². The van der Waals surface area contributed by atoms with Crippen molar-refractivity contribution in [1.82, 2.24) is 0 Å².